The van der Waals surface area contributed by atoms with Crippen molar-refractivity contribution in [2.45, 2.75) is 97.4 Å². The van der Waals surface area contributed by atoms with E-state index in [1.807, 2.05) is 13.0 Å². The molecular formula is C28H40O4. The molecule has 176 valence electrons. The second-order valence-corrected chi connectivity index (χ2v) is 12.8. The van der Waals surface area contributed by atoms with Gasteiger partial charge in [0.15, 0.2) is 5.78 Å². The first-order chi connectivity index (χ1) is 15.1. The monoisotopic (exact) mass is 440 g/mol. The van der Waals surface area contributed by atoms with Gasteiger partial charge in [-0.15, -0.1) is 0 Å². The van der Waals surface area contributed by atoms with Gasteiger partial charge in [0, 0.05) is 0 Å². The number of carbonyl (C=O) groups is 2. The summed E-state index contributed by atoms with van der Waals surface area (Å²) in [5.41, 5.74) is -0.273. The highest BCUT2D eigenvalue weighted by atomic mass is 16.6. The molecule has 7 unspecified atom stereocenters. The molecule has 5 fully saturated rings. The van der Waals surface area contributed by atoms with Crippen molar-refractivity contribution in [2.75, 3.05) is 0 Å². The summed E-state index contributed by atoms with van der Waals surface area (Å²) in [7, 11) is 0. The van der Waals surface area contributed by atoms with Gasteiger partial charge in [-0.3, -0.25) is 9.59 Å². The van der Waals surface area contributed by atoms with Crippen LogP contribution in [0, 0.1) is 52.3 Å². The van der Waals surface area contributed by atoms with Gasteiger partial charge in [-0.1, -0.05) is 33.8 Å². The molecule has 0 amide bonds. The average molecular weight is 441 g/mol. The lowest BCUT2D eigenvalue weighted by atomic mass is 9.44. The molecule has 1 spiro atoms. The highest BCUT2D eigenvalue weighted by Crippen LogP contribution is 2.73. The van der Waals surface area contributed by atoms with Gasteiger partial charge in [0.05, 0.1) is 17.4 Å². The number of rotatable bonds is 2. The molecule has 0 aromatic heterocycles. The predicted molar refractivity (Wildman–Crippen MR) is 122 cm³/mol. The molecule has 6 rings (SSSR count). The van der Waals surface area contributed by atoms with E-state index in [1.165, 1.54) is 19.3 Å². The molecule has 2 saturated heterocycles. The first kappa shape index (κ1) is 21.4. The maximum atomic E-state index is 13.3. The summed E-state index contributed by atoms with van der Waals surface area (Å²) < 4.78 is 12.4. The minimum absolute atomic E-state index is 0.00435. The fourth-order valence-corrected chi connectivity index (χ4v) is 9.70. The quantitative estimate of drug-likeness (QED) is 0.429. The third kappa shape index (κ3) is 2.49. The van der Waals surface area contributed by atoms with E-state index in [-0.39, 0.29) is 40.5 Å². The third-order valence-electron chi connectivity index (χ3n) is 12.0. The molecule has 0 N–H and O–H groups in total. The number of fused-ring (bicyclic) bond motifs is 4. The summed E-state index contributed by atoms with van der Waals surface area (Å²) in [5, 5.41) is 0. The second-order valence-electron chi connectivity index (χ2n) is 12.8. The molecule has 2 heterocycles. The highest BCUT2D eigenvalue weighted by molar-refractivity contribution is 5.97. The number of epoxide rings is 1. The molecule has 0 aromatic carbocycles. The molecule has 4 nitrogen and oxygen atoms in total. The lowest BCUT2D eigenvalue weighted by molar-refractivity contribution is -0.171. The van der Waals surface area contributed by atoms with E-state index >= 15 is 0 Å². The van der Waals surface area contributed by atoms with E-state index in [1.54, 1.807) is 0 Å². The lowest BCUT2D eigenvalue weighted by Gasteiger charge is -2.57. The van der Waals surface area contributed by atoms with Crippen molar-refractivity contribution in [1.82, 2.24) is 0 Å². The van der Waals surface area contributed by atoms with Crippen molar-refractivity contribution in [3.8, 4) is 0 Å². The number of allylic oxidation sites excluding steroid dienone is 1. The Balaban J connectivity index is 1.26. The maximum absolute atomic E-state index is 13.3. The van der Waals surface area contributed by atoms with Crippen LogP contribution in [0.2, 0.25) is 0 Å². The normalized spacial score (nSPS) is 57.0. The zero-order valence-corrected chi connectivity index (χ0v) is 20.4. The number of hydrogen-bond donors (Lipinski definition) is 0. The molecule has 6 aliphatic rings. The summed E-state index contributed by atoms with van der Waals surface area (Å²) in [6.07, 6.45) is 12.1. The van der Waals surface area contributed by atoms with E-state index in [2.05, 4.69) is 33.8 Å². The molecular weight excluding hydrogens is 400 g/mol. The van der Waals surface area contributed by atoms with Gasteiger partial charge in [0.1, 0.15) is 11.7 Å². The van der Waals surface area contributed by atoms with Crippen LogP contribution >= 0.6 is 0 Å². The summed E-state index contributed by atoms with van der Waals surface area (Å²) in [6.45, 7) is 11.3. The molecule has 0 radical (unpaired) electrons. The Hall–Kier alpha value is -1.16. The van der Waals surface area contributed by atoms with Gasteiger partial charge in [-0.2, -0.15) is 0 Å². The smallest absolute Gasteiger partial charge is 0.309 e. The maximum Gasteiger partial charge on any atom is 0.309 e. The first-order valence-corrected chi connectivity index (χ1v) is 13.2. The van der Waals surface area contributed by atoms with Crippen molar-refractivity contribution in [2.24, 2.45) is 52.3 Å². The van der Waals surface area contributed by atoms with Crippen LogP contribution in [-0.4, -0.2) is 29.6 Å². The zero-order valence-electron chi connectivity index (χ0n) is 20.4. The van der Waals surface area contributed by atoms with Gasteiger partial charge in [0.25, 0.3) is 0 Å². The van der Waals surface area contributed by atoms with Crippen LogP contribution in [0.4, 0.5) is 0 Å². The number of ether oxygens (including phenoxy) is 2. The van der Waals surface area contributed by atoms with Crippen LogP contribution < -0.4 is 0 Å². The van der Waals surface area contributed by atoms with Gasteiger partial charge in [0.2, 0.25) is 0 Å². The topological polar surface area (TPSA) is 55.9 Å². The Morgan fingerprint density at radius 3 is 2.59 bits per heavy atom. The van der Waals surface area contributed by atoms with E-state index in [0.717, 1.165) is 25.7 Å². The predicted octanol–water partition coefficient (Wildman–Crippen LogP) is 5.35. The molecule has 32 heavy (non-hydrogen) atoms. The average Bonchev–Trinajstić information content (AvgIpc) is 3.34. The van der Waals surface area contributed by atoms with Crippen molar-refractivity contribution in [1.29, 1.82) is 0 Å². The Morgan fingerprint density at radius 1 is 1.06 bits per heavy atom. The minimum atomic E-state index is -0.342. The molecule has 2 aliphatic heterocycles. The van der Waals surface area contributed by atoms with Crippen molar-refractivity contribution in [3.63, 3.8) is 0 Å². The Morgan fingerprint density at radius 2 is 1.84 bits per heavy atom. The molecule has 4 heteroatoms. The molecule has 4 aliphatic carbocycles. The van der Waals surface area contributed by atoms with Crippen LogP contribution in [0.15, 0.2) is 12.2 Å². The van der Waals surface area contributed by atoms with Crippen LogP contribution in [0.1, 0.15) is 79.6 Å². The first-order valence-electron chi connectivity index (χ1n) is 13.2. The number of cyclic esters (lactones) is 1. The third-order valence-corrected chi connectivity index (χ3v) is 12.0. The van der Waals surface area contributed by atoms with Gasteiger partial charge in [-0.05, 0) is 98.9 Å². The molecule has 0 aromatic rings. The van der Waals surface area contributed by atoms with E-state index < -0.39 is 0 Å². The fourth-order valence-electron chi connectivity index (χ4n) is 9.70. The van der Waals surface area contributed by atoms with E-state index in [4.69, 9.17) is 9.47 Å². The number of esters is 1. The van der Waals surface area contributed by atoms with Gasteiger partial charge < -0.3 is 9.47 Å². The van der Waals surface area contributed by atoms with Gasteiger partial charge >= 0.3 is 5.97 Å². The zero-order chi connectivity index (χ0) is 22.6. The van der Waals surface area contributed by atoms with Crippen LogP contribution in [0.3, 0.4) is 0 Å². The van der Waals surface area contributed by atoms with Crippen molar-refractivity contribution >= 4 is 11.8 Å². The Kier molecular flexibility index (Phi) is 4.48. The van der Waals surface area contributed by atoms with E-state index in [9.17, 15) is 9.59 Å². The number of ketones is 1. The largest absolute Gasteiger partial charge is 0.462 e. The molecule has 0 bridgehead atoms. The van der Waals surface area contributed by atoms with Crippen molar-refractivity contribution < 1.29 is 19.1 Å². The Bertz CT molecular complexity index is 879. The summed E-state index contributed by atoms with van der Waals surface area (Å²) in [5.74, 6) is 3.39. The van der Waals surface area contributed by atoms with Gasteiger partial charge in [-0.25, -0.2) is 0 Å². The van der Waals surface area contributed by atoms with Crippen LogP contribution in [0.25, 0.3) is 0 Å². The highest BCUT2D eigenvalue weighted by Gasteiger charge is 2.77. The van der Waals surface area contributed by atoms with Crippen LogP contribution in [-0.2, 0) is 19.1 Å². The van der Waals surface area contributed by atoms with Crippen LogP contribution in [0.5, 0.6) is 0 Å². The molecule has 12 atom stereocenters. The molecule has 3 saturated carbocycles. The number of carbonyl (C=O) groups excluding carboxylic acids is 2. The van der Waals surface area contributed by atoms with E-state index in [0.29, 0.717) is 41.3 Å². The summed E-state index contributed by atoms with van der Waals surface area (Å²) in [6, 6.07) is 0. The SMILES string of the molecule is CC1CC([C@@H](C)C2CCC3C4C[C@H]5O[C@]56CC=CC(=O)[C@]6(C)C4CC[C@@]32C)OC(=O)C1C. The summed E-state index contributed by atoms with van der Waals surface area (Å²) >= 11 is 0. The lowest BCUT2D eigenvalue weighted by Crippen LogP contribution is -2.60. The summed E-state index contributed by atoms with van der Waals surface area (Å²) in [4.78, 5) is 25.7. The minimum Gasteiger partial charge on any atom is -0.462 e. The fraction of sp³-hybridized carbons (Fsp3) is 0.857. The number of hydrogen-bond acceptors (Lipinski definition) is 4. The Labute approximate surface area is 192 Å². The van der Waals surface area contributed by atoms with Crippen molar-refractivity contribution in [3.05, 3.63) is 12.2 Å². The second kappa shape index (κ2) is 6.71. The standard InChI is InChI=1S/C28H40O4/c1-15-13-22(31-25(30)16(15)2)17(3)19-8-9-20-18-14-24-28(32-24)11-6-7-23(29)27(28,5)21(18)10-12-26(19,20)4/h6-7,15-22,24H,8-14H2,1-5H3/t15?,16?,17-,18?,19?,20?,21?,22?,24+,26+,27-,28+/m0/s1.